The van der Waals surface area contributed by atoms with E-state index in [1.165, 1.54) is 0 Å². The van der Waals surface area contributed by atoms with Gasteiger partial charge in [0.25, 0.3) is 0 Å². The summed E-state index contributed by atoms with van der Waals surface area (Å²) in [6.45, 7) is 0. The molecular weight excluding hydrogens is 655 g/mol. The second-order valence-corrected chi connectivity index (χ2v) is 12.8. The molecular formula is C51H33N3. The molecule has 252 valence electrons. The molecule has 0 saturated carbocycles. The van der Waals surface area contributed by atoms with Crippen LogP contribution in [0.5, 0.6) is 0 Å². The van der Waals surface area contributed by atoms with Gasteiger partial charge in [0, 0.05) is 16.7 Å². The van der Waals surface area contributed by atoms with Gasteiger partial charge in [-0.05, 0) is 90.0 Å². The predicted molar refractivity (Wildman–Crippen MR) is 225 cm³/mol. The molecule has 54 heavy (non-hydrogen) atoms. The summed E-state index contributed by atoms with van der Waals surface area (Å²) in [5.74, 6) is 0.928. The Bertz CT molecular complexity index is 3660. The van der Waals surface area contributed by atoms with Crippen LogP contribution >= 0.6 is 0 Å². The minimum Gasteiger partial charge on any atom is -0.208 e. The van der Waals surface area contributed by atoms with E-state index in [-0.39, 0.29) is 45.9 Å². The van der Waals surface area contributed by atoms with E-state index in [1.54, 1.807) is 36.4 Å². The average Bonchev–Trinajstić information content (AvgIpc) is 3.35. The highest BCUT2D eigenvalue weighted by Gasteiger charge is 2.15. The fraction of sp³-hybridized carbons (Fsp3) is 0. The van der Waals surface area contributed by atoms with E-state index in [4.69, 9.17) is 31.4 Å². The molecule has 0 spiro atoms. The topological polar surface area (TPSA) is 38.7 Å². The van der Waals surface area contributed by atoms with Crippen molar-refractivity contribution in [2.24, 2.45) is 0 Å². The van der Waals surface area contributed by atoms with E-state index in [1.807, 2.05) is 66.7 Å². The van der Waals surface area contributed by atoms with Crippen LogP contribution in [0.2, 0.25) is 0 Å². The third-order valence-electron chi connectivity index (χ3n) is 9.47. The summed E-state index contributed by atoms with van der Waals surface area (Å²) in [5, 5.41) is 3.52. The van der Waals surface area contributed by atoms with Gasteiger partial charge in [0.1, 0.15) is 0 Å². The number of rotatable bonds is 6. The van der Waals surface area contributed by atoms with Crippen LogP contribution in [0.1, 0.15) is 16.4 Å². The van der Waals surface area contributed by atoms with Crippen LogP contribution in [0.15, 0.2) is 200 Å². The Hall–Kier alpha value is -7.23. The largest absolute Gasteiger partial charge is 0.208 e. The Morgan fingerprint density at radius 1 is 0.296 bits per heavy atom. The second kappa shape index (κ2) is 13.4. The summed E-state index contributed by atoms with van der Waals surface area (Å²) in [4.78, 5) is 15.0. The highest BCUT2D eigenvalue weighted by molar-refractivity contribution is 5.98. The molecule has 0 fully saturated rings. The van der Waals surface area contributed by atoms with E-state index in [0.717, 1.165) is 32.7 Å². The van der Waals surface area contributed by atoms with Gasteiger partial charge in [-0.15, -0.1) is 0 Å². The summed E-state index contributed by atoms with van der Waals surface area (Å²) in [7, 11) is 0. The molecule has 3 nitrogen and oxygen atoms in total. The molecule has 0 atom stereocenters. The molecule has 10 aromatic rings. The molecule has 0 N–H and O–H groups in total. The lowest BCUT2D eigenvalue weighted by molar-refractivity contribution is 1.07. The summed E-state index contributed by atoms with van der Waals surface area (Å²) >= 11 is 0. The highest BCUT2D eigenvalue weighted by Crippen LogP contribution is 2.35. The van der Waals surface area contributed by atoms with Gasteiger partial charge >= 0.3 is 0 Å². The fourth-order valence-electron chi connectivity index (χ4n) is 6.84. The average molecular weight is 700 g/mol. The third-order valence-corrected chi connectivity index (χ3v) is 9.47. The number of fused-ring (bicyclic) bond motifs is 3. The lowest BCUT2D eigenvalue weighted by Crippen LogP contribution is -2.00. The van der Waals surface area contributed by atoms with Crippen molar-refractivity contribution in [3.8, 4) is 67.5 Å². The van der Waals surface area contributed by atoms with Gasteiger partial charge in [-0.1, -0.05) is 176 Å². The molecule has 3 heteroatoms. The van der Waals surface area contributed by atoms with Gasteiger partial charge in [0.15, 0.2) is 17.5 Å². The van der Waals surface area contributed by atoms with Crippen molar-refractivity contribution in [1.29, 1.82) is 0 Å². The number of aromatic nitrogens is 3. The van der Waals surface area contributed by atoms with E-state index < -0.39 is 54.4 Å². The quantitative estimate of drug-likeness (QED) is 0.173. The zero-order chi connectivity index (χ0) is 46.3. The molecule has 9 aromatic carbocycles. The zero-order valence-corrected chi connectivity index (χ0v) is 28.5. The van der Waals surface area contributed by atoms with Crippen molar-refractivity contribution in [3.63, 3.8) is 0 Å². The van der Waals surface area contributed by atoms with Gasteiger partial charge in [-0.3, -0.25) is 0 Å². The third kappa shape index (κ3) is 5.88. The molecule has 0 saturated heterocycles. The van der Waals surface area contributed by atoms with Gasteiger partial charge < -0.3 is 0 Å². The lowest BCUT2D eigenvalue weighted by Gasteiger charge is -2.12. The van der Waals surface area contributed by atoms with Crippen LogP contribution < -0.4 is 0 Å². The molecule has 1 heterocycles. The minimum atomic E-state index is -0.532. The van der Waals surface area contributed by atoms with Crippen LogP contribution in [0.3, 0.4) is 0 Å². The molecule has 0 aliphatic rings. The molecule has 0 bridgehead atoms. The summed E-state index contributed by atoms with van der Waals surface area (Å²) in [6.07, 6.45) is 0. The lowest BCUT2D eigenvalue weighted by atomic mass is 9.96. The molecule has 10 rings (SSSR count). The number of nitrogens with zero attached hydrogens (tertiary/aromatic N) is 3. The van der Waals surface area contributed by atoms with Crippen LogP contribution in [0.4, 0.5) is 0 Å². The van der Waals surface area contributed by atoms with Crippen LogP contribution in [-0.2, 0) is 0 Å². The maximum absolute atomic E-state index is 8.99. The zero-order valence-electron chi connectivity index (χ0n) is 40.5. The smallest absolute Gasteiger partial charge is 0.164 e. The van der Waals surface area contributed by atoms with Crippen LogP contribution in [0, 0.1) is 0 Å². The minimum absolute atomic E-state index is 0.0303. The fourth-order valence-corrected chi connectivity index (χ4v) is 6.84. The maximum Gasteiger partial charge on any atom is 0.164 e. The standard InChI is InChI=1S/C51H33N3/c1-2-12-34(13-3-1)37-26-27-39-31-44(29-28-38(39)30-37)51-53-49(42-20-8-18-40(32-42)47-24-10-16-35-14-4-6-22-45(35)47)52-50(54-51)43-21-9-19-41(33-43)48-25-11-17-36-15-5-7-23-46(36)48/h1-33H/i1D,2D,3D,4D,6D,10D,12D,13D,14D,16D,22D,24D. The monoisotopic (exact) mass is 699 g/mol. The molecule has 0 unspecified atom stereocenters. The van der Waals surface area contributed by atoms with Gasteiger partial charge in [-0.25, -0.2) is 15.0 Å². The summed E-state index contributed by atoms with van der Waals surface area (Å²) in [6, 6.07) is 34.9. The van der Waals surface area contributed by atoms with Gasteiger partial charge in [0.2, 0.25) is 0 Å². The summed E-state index contributed by atoms with van der Waals surface area (Å²) < 4.78 is 102. The van der Waals surface area contributed by atoms with Crippen molar-refractivity contribution in [2.45, 2.75) is 0 Å². The summed E-state index contributed by atoms with van der Waals surface area (Å²) in [5.41, 5.74) is 4.80. The molecule has 0 amide bonds. The first kappa shape index (κ1) is 21.3. The van der Waals surface area contributed by atoms with E-state index in [2.05, 4.69) is 24.3 Å². The van der Waals surface area contributed by atoms with Gasteiger partial charge in [0.05, 0.1) is 16.4 Å². The number of hydrogen-bond acceptors (Lipinski definition) is 3. The Morgan fingerprint density at radius 3 is 1.61 bits per heavy atom. The normalized spacial score (nSPS) is 14.4. The first-order valence-electron chi connectivity index (χ1n) is 23.3. The predicted octanol–water partition coefficient (Wildman–Crippen LogP) is 13.3. The van der Waals surface area contributed by atoms with Crippen molar-refractivity contribution >= 4 is 32.3 Å². The maximum atomic E-state index is 8.99. The SMILES string of the molecule is [2H]c1c([2H])c([2H])c(-c2ccc3cc(-c4nc(-c5cccc(-c6cccc7ccccc67)c5)nc(-c5cccc(-c6c([2H])c([2H])c([2H])c7c([2H])c([2H])c([2H])c([2H])c67)c5)n4)ccc3c2)c([2H])c1[2H]. The van der Waals surface area contributed by atoms with E-state index in [0.29, 0.717) is 39.5 Å². The van der Waals surface area contributed by atoms with Crippen molar-refractivity contribution in [2.75, 3.05) is 0 Å². The van der Waals surface area contributed by atoms with E-state index >= 15 is 0 Å². The van der Waals surface area contributed by atoms with Crippen molar-refractivity contribution < 1.29 is 16.4 Å². The van der Waals surface area contributed by atoms with Crippen molar-refractivity contribution in [1.82, 2.24) is 15.0 Å². The van der Waals surface area contributed by atoms with Gasteiger partial charge in [-0.2, -0.15) is 0 Å². The Kier molecular flexibility index (Phi) is 5.29. The Morgan fingerprint density at radius 2 is 0.852 bits per heavy atom. The second-order valence-electron chi connectivity index (χ2n) is 12.8. The van der Waals surface area contributed by atoms with E-state index in [9.17, 15) is 0 Å². The Labute approximate surface area is 330 Å². The highest BCUT2D eigenvalue weighted by atomic mass is 15.0. The number of hydrogen-bond donors (Lipinski definition) is 0. The Balaban J connectivity index is 1.15. The molecule has 0 aliphatic heterocycles. The van der Waals surface area contributed by atoms with Crippen LogP contribution in [-0.4, -0.2) is 15.0 Å². The molecule has 1 aromatic heterocycles. The first-order valence-corrected chi connectivity index (χ1v) is 17.3. The first-order chi connectivity index (χ1) is 31.7. The molecule has 0 radical (unpaired) electrons. The number of benzene rings is 9. The molecule has 0 aliphatic carbocycles. The van der Waals surface area contributed by atoms with Crippen LogP contribution in [0.25, 0.3) is 99.9 Å². The van der Waals surface area contributed by atoms with Crippen molar-refractivity contribution in [3.05, 3.63) is 200 Å².